The summed E-state index contributed by atoms with van der Waals surface area (Å²) in [4.78, 5) is 22.1. The highest BCUT2D eigenvalue weighted by atomic mass is 35.5. The predicted octanol–water partition coefficient (Wildman–Crippen LogP) is 4.10. The molecular formula is C14H9ClF2N2O4. The van der Waals surface area contributed by atoms with Crippen molar-refractivity contribution in [3.8, 4) is 5.75 Å². The van der Waals surface area contributed by atoms with Gasteiger partial charge in [-0.3, -0.25) is 14.9 Å². The number of carbonyl (C=O) groups excluding carboxylic acids is 1. The number of benzene rings is 2. The zero-order chi connectivity index (χ0) is 17.0. The standard InChI is InChI=1S/C14H9ClF2N2O4/c15-11-6-3-9(7-12(11)19(21)22)18-13(20)8-1-4-10(5-2-8)23-14(16)17/h1-7,14H,(H,18,20). The minimum Gasteiger partial charge on any atom is -0.435 e. The van der Waals surface area contributed by atoms with E-state index >= 15 is 0 Å². The maximum Gasteiger partial charge on any atom is 0.387 e. The fourth-order valence-corrected chi connectivity index (χ4v) is 1.91. The highest BCUT2D eigenvalue weighted by Gasteiger charge is 2.14. The van der Waals surface area contributed by atoms with Crippen molar-refractivity contribution in [3.05, 3.63) is 63.2 Å². The normalized spacial score (nSPS) is 10.4. The first-order chi connectivity index (χ1) is 10.9. The number of hydrogen-bond acceptors (Lipinski definition) is 4. The fraction of sp³-hybridized carbons (Fsp3) is 0.0714. The Balaban J connectivity index is 2.13. The molecule has 6 nitrogen and oxygen atoms in total. The lowest BCUT2D eigenvalue weighted by molar-refractivity contribution is -0.384. The minimum atomic E-state index is -2.95. The number of alkyl halides is 2. The predicted molar refractivity (Wildman–Crippen MR) is 79.1 cm³/mol. The molecule has 0 aliphatic heterocycles. The molecule has 2 rings (SSSR count). The van der Waals surface area contributed by atoms with Gasteiger partial charge in [0.1, 0.15) is 10.8 Å². The van der Waals surface area contributed by atoms with Gasteiger partial charge >= 0.3 is 6.61 Å². The van der Waals surface area contributed by atoms with Crippen molar-refractivity contribution in [1.82, 2.24) is 0 Å². The number of nitrogens with zero attached hydrogens (tertiary/aromatic N) is 1. The number of carbonyl (C=O) groups is 1. The van der Waals surface area contributed by atoms with E-state index in [1.165, 1.54) is 36.4 Å². The van der Waals surface area contributed by atoms with Gasteiger partial charge < -0.3 is 10.1 Å². The Bertz CT molecular complexity index is 738. The van der Waals surface area contributed by atoms with Gasteiger partial charge in [-0.1, -0.05) is 11.6 Å². The molecule has 0 aliphatic carbocycles. The van der Waals surface area contributed by atoms with Crippen LogP contribution in [-0.4, -0.2) is 17.4 Å². The average Bonchev–Trinajstić information content (AvgIpc) is 2.49. The van der Waals surface area contributed by atoms with Crippen LogP contribution in [0.4, 0.5) is 20.2 Å². The molecule has 0 saturated heterocycles. The van der Waals surface area contributed by atoms with Crippen LogP contribution in [0.15, 0.2) is 42.5 Å². The molecule has 120 valence electrons. The van der Waals surface area contributed by atoms with Crippen molar-refractivity contribution >= 4 is 28.9 Å². The smallest absolute Gasteiger partial charge is 0.387 e. The number of halogens is 3. The molecule has 0 bridgehead atoms. The van der Waals surface area contributed by atoms with E-state index in [9.17, 15) is 23.7 Å². The van der Waals surface area contributed by atoms with E-state index in [1.54, 1.807) is 0 Å². The third kappa shape index (κ3) is 4.36. The maximum atomic E-state index is 12.0. The second-order valence-electron chi connectivity index (χ2n) is 4.28. The summed E-state index contributed by atoms with van der Waals surface area (Å²) in [6.07, 6.45) is 0. The van der Waals surface area contributed by atoms with Crippen LogP contribution in [-0.2, 0) is 0 Å². The lowest BCUT2D eigenvalue weighted by Gasteiger charge is -2.07. The molecule has 0 aromatic heterocycles. The van der Waals surface area contributed by atoms with Crippen LogP contribution in [0.5, 0.6) is 5.75 Å². The lowest BCUT2D eigenvalue weighted by atomic mass is 10.2. The van der Waals surface area contributed by atoms with Crippen LogP contribution in [0.1, 0.15) is 10.4 Å². The number of nitro groups is 1. The molecule has 0 saturated carbocycles. The summed E-state index contributed by atoms with van der Waals surface area (Å²) < 4.78 is 28.2. The molecule has 0 unspecified atom stereocenters. The van der Waals surface area contributed by atoms with Crippen molar-refractivity contribution in [1.29, 1.82) is 0 Å². The summed E-state index contributed by atoms with van der Waals surface area (Å²) in [7, 11) is 0. The number of nitrogens with one attached hydrogen (secondary N) is 1. The monoisotopic (exact) mass is 342 g/mol. The zero-order valence-corrected chi connectivity index (χ0v) is 12.1. The van der Waals surface area contributed by atoms with Gasteiger partial charge in [0.25, 0.3) is 11.6 Å². The SMILES string of the molecule is O=C(Nc1ccc(Cl)c([N+](=O)[O-])c1)c1ccc(OC(F)F)cc1. The zero-order valence-electron chi connectivity index (χ0n) is 11.3. The number of hydrogen-bond donors (Lipinski definition) is 1. The Kier molecular flexibility index (Phi) is 5.07. The van der Waals surface area contributed by atoms with Crippen LogP contribution >= 0.6 is 11.6 Å². The first kappa shape index (κ1) is 16.6. The maximum absolute atomic E-state index is 12.0. The molecule has 23 heavy (non-hydrogen) atoms. The molecule has 9 heteroatoms. The van der Waals surface area contributed by atoms with E-state index < -0.39 is 17.4 Å². The average molecular weight is 343 g/mol. The van der Waals surface area contributed by atoms with Crippen LogP contribution in [0.2, 0.25) is 5.02 Å². The molecule has 0 heterocycles. The lowest BCUT2D eigenvalue weighted by Crippen LogP contribution is -2.12. The van der Waals surface area contributed by atoms with E-state index in [4.69, 9.17) is 11.6 Å². The number of amides is 1. The van der Waals surface area contributed by atoms with Crippen molar-refractivity contribution in [3.63, 3.8) is 0 Å². The van der Waals surface area contributed by atoms with E-state index in [0.29, 0.717) is 0 Å². The Morgan fingerprint density at radius 2 is 1.87 bits per heavy atom. The van der Waals surface area contributed by atoms with E-state index in [1.807, 2.05) is 0 Å². The van der Waals surface area contributed by atoms with E-state index in [-0.39, 0.29) is 27.7 Å². The van der Waals surface area contributed by atoms with Crippen LogP contribution in [0.3, 0.4) is 0 Å². The Morgan fingerprint density at radius 1 is 1.22 bits per heavy atom. The van der Waals surface area contributed by atoms with E-state index in [2.05, 4.69) is 10.1 Å². The van der Waals surface area contributed by atoms with Gasteiger partial charge in [-0.15, -0.1) is 0 Å². The number of anilines is 1. The van der Waals surface area contributed by atoms with Gasteiger partial charge in [0.2, 0.25) is 0 Å². The summed E-state index contributed by atoms with van der Waals surface area (Å²) in [6.45, 7) is -2.95. The first-order valence-electron chi connectivity index (χ1n) is 6.17. The molecule has 1 amide bonds. The minimum absolute atomic E-state index is 0.0542. The summed E-state index contributed by atoms with van der Waals surface area (Å²) in [5.41, 5.74) is 0.00775. The topological polar surface area (TPSA) is 81.5 Å². The summed E-state index contributed by atoms with van der Waals surface area (Å²) in [5.74, 6) is -0.649. The molecule has 0 radical (unpaired) electrons. The molecule has 2 aromatic rings. The molecular weight excluding hydrogens is 334 g/mol. The summed E-state index contributed by atoms with van der Waals surface area (Å²) in [5, 5.41) is 13.2. The highest BCUT2D eigenvalue weighted by Crippen LogP contribution is 2.27. The van der Waals surface area contributed by atoms with Crippen molar-refractivity contribution < 1.29 is 23.2 Å². The largest absolute Gasteiger partial charge is 0.435 e. The van der Waals surface area contributed by atoms with Crippen LogP contribution < -0.4 is 10.1 Å². The van der Waals surface area contributed by atoms with E-state index in [0.717, 1.165) is 6.07 Å². The van der Waals surface area contributed by atoms with Gasteiger partial charge in [0, 0.05) is 17.3 Å². The van der Waals surface area contributed by atoms with Crippen LogP contribution in [0.25, 0.3) is 0 Å². The second-order valence-corrected chi connectivity index (χ2v) is 4.69. The quantitative estimate of drug-likeness (QED) is 0.655. The fourth-order valence-electron chi connectivity index (χ4n) is 1.72. The number of rotatable bonds is 5. The molecule has 1 N–H and O–H groups in total. The van der Waals surface area contributed by atoms with Gasteiger partial charge in [0.05, 0.1) is 4.92 Å². The Hall–Kier alpha value is -2.74. The highest BCUT2D eigenvalue weighted by molar-refractivity contribution is 6.32. The van der Waals surface area contributed by atoms with Crippen LogP contribution in [0, 0.1) is 10.1 Å². The number of ether oxygens (including phenoxy) is 1. The summed E-state index contributed by atoms with van der Waals surface area (Å²) in [6, 6.07) is 8.82. The molecule has 2 aromatic carbocycles. The van der Waals surface area contributed by atoms with Crippen molar-refractivity contribution in [2.45, 2.75) is 6.61 Å². The van der Waals surface area contributed by atoms with Crippen molar-refractivity contribution in [2.24, 2.45) is 0 Å². The van der Waals surface area contributed by atoms with Gasteiger partial charge in [0.15, 0.2) is 0 Å². The Labute approximate surface area is 133 Å². The summed E-state index contributed by atoms with van der Waals surface area (Å²) >= 11 is 5.67. The molecule has 0 aliphatic rings. The van der Waals surface area contributed by atoms with Crippen molar-refractivity contribution in [2.75, 3.05) is 5.32 Å². The number of nitro benzene ring substituents is 1. The molecule has 0 atom stereocenters. The molecule has 0 fully saturated rings. The first-order valence-corrected chi connectivity index (χ1v) is 6.55. The second kappa shape index (κ2) is 7.01. The third-order valence-electron chi connectivity index (χ3n) is 2.74. The molecule has 0 spiro atoms. The van der Waals surface area contributed by atoms with Gasteiger partial charge in [-0.05, 0) is 36.4 Å². The van der Waals surface area contributed by atoms with Gasteiger partial charge in [-0.2, -0.15) is 8.78 Å². The van der Waals surface area contributed by atoms with Gasteiger partial charge in [-0.25, -0.2) is 0 Å². The third-order valence-corrected chi connectivity index (χ3v) is 3.06. The Morgan fingerprint density at radius 3 is 2.43 bits per heavy atom.